The van der Waals surface area contributed by atoms with Crippen LogP contribution >= 0.6 is 11.6 Å². The molecular formula is C15H11ClFN3O. The Hall–Kier alpha value is -2.27. The summed E-state index contributed by atoms with van der Waals surface area (Å²) in [7, 11) is 0. The number of imidazole rings is 1. The highest BCUT2D eigenvalue weighted by molar-refractivity contribution is 6.31. The molecule has 0 spiro atoms. The molecule has 21 heavy (non-hydrogen) atoms. The average molecular weight is 304 g/mol. The fraction of sp³-hybridized carbons (Fsp3) is 0.133. The number of hydrogen-bond donors (Lipinski definition) is 0. The Morgan fingerprint density at radius 2 is 2.14 bits per heavy atom. The topological polar surface area (TPSA) is 47.8 Å². The molecule has 0 unspecified atom stereocenters. The van der Waals surface area contributed by atoms with Gasteiger partial charge < -0.3 is 4.57 Å². The summed E-state index contributed by atoms with van der Waals surface area (Å²) in [5, 5.41) is 0.308. The van der Waals surface area contributed by atoms with Crippen LogP contribution in [-0.4, -0.2) is 20.3 Å². The third kappa shape index (κ3) is 2.40. The SMILES string of the molecule is CC(=O)c1nc2cccnc2n1Cc1c(F)cccc1Cl. The number of nitrogens with zero attached hydrogens (tertiary/aromatic N) is 3. The van der Waals surface area contributed by atoms with Crippen molar-refractivity contribution in [3.8, 4) is 0 Å². The molecule has 3 aromatic rings. The second-order valence-electron chi connectivity index (χ2n) is 4.62. The molecule has 0 saturated heterocycles. The maximum Gasteiger partial charge on any atom is 0.195 e. The van der Waals surface area contributed by atoms with Gasteiger partial charge in [-0.15, -0.1) is 0 Å². The summed E-state index contributed by atoms with van der Waals surface area (Å²) in [6.07, 6.45) is 1.60. The lowest BCUT2D eigenvalue weighted by Gasteiger charge is -2.09. The monoisotopic (exact) mass is 303 g/mol. The molecule has 2 heterocycles. The van der Waals surface area contributed by atoms with Crippen LogP contribution in [0.1, 0.15) is 23.1 Å². The van der Waals surface area contributed by atoms with Gasteiger partial charge in [-0.3, -0.25) is 4.79 Å². The van der Waals surface area contributed by atoms with Crippen molar-refractivity contribution in [2.45, 2.75) is 13.5 Å². The van der Waals surface area contributed by atoms with Gasteiger partial charge in [-0.05, 0) is 24.3 Å². The third-order valence-electron chi connectivity index (χ3n) is 3.20. The molecule has 0 saturated carbocycles. The lowest BCUT2D eigenvalue weighted by molar-refractivity contribution is 0.100. The molecule has 3 rings (SSSR count). The average Bonchev–Trinajstić information content (AvgIpc) is 2.82. The molecule has 0 aliphatic heterocycles. The summed E-state index contributed by atoms with van der Waals surface area (Å²) in [4.78, 5) is 20.2. The van der Waals surface area contributed by atoms with Gasteiger partial charge in [0.1, 0.15) is 11.3 Å². The molecule has 0 amide bonds. The zero-order valence-electron chi connectivity index (χ0n) is 11.2. The highest BCUT2D eigenvalue weighted by Gasteiger charge is 2.17. The molecule has 6 heteroatoms. The molecule has 2 aromatic heterocycles. The Morgan fingerprint density at radius 3 is 2.86 bits per heavy atom. The van der Waals surface area contributed by atoms with E-state index in [1.54, 1.807) is 29.0 Å². The number of pyridine rings is 1. The van der Waals surface area contributed by atoms with Gasteiger partial charge in [-0.2, -0.15) is 0 Å². The Bertz CT molecular complexity index is 824. The summed E-state index contributed by atoms with van der Waals surface area (Å²) >= 11 is 6.05. The van der Waals surface area contributed by atoms with Gasteiger partial charge in [0, 0.05) is 23.7 Å². The summed E-state index contributed by atoms with van der Waals surface area (Å²) in [5.74, 6) is -0.390. The third-order valence-corrected chi connectivity index (χ3v) is 3.55. The number of hydrogen-bond acceptors (Lipinski definition) is 3. The molecule has 0 aliphatic carbocycles. The van der Waals surface area contributed by atoms with Crippen LogP contribution in [0.25, 0.3) is 11.2 Å². The van der Waals surface area contributed by atoms with E-state index >= 15 is 0 Å². The predicted molar refractivity (Wildman–Crippen MR) is 78.0 cm³/mol. The van der Waals surface area contributed by atoms with Gasteiger partial charge in [0.25, 0.3) is 0 Å². The van der Waals surface area contributed by atoms with E-state index in [1.165, 1.54) is 19.1 Å². The number of rotatable bonds is 3. The van der Waals surface area contributed by atoms with Crippen molar-refractivity contribution in [2.75, 3.05) is 0 Å². The van der Waals surface area contributed by atoms with Crippen LogP contribution in [0.3, 0.4) is 0 Å². The van der Waals surface area contributed by atoms with Crippen LogP contribution < -0.4 is 0 Å². The zero-order chi connectivity index (χ0) is 15.0. The first kappa shape index (κ1) is 13.7. The number of carbonyl (C=O) groups is 1. The van der Waals surface area contributed by atoms with E-state index in [0.717, 1.165) is 0 Å². The predicted octanol–water partition coefficient (Wildman–Crippen LogP) is 3.47. The molecule has 0 N–H and O–H groups in total. The van der Waals surface area contributed by atoms with E-state index in [0.29, 0.717) is 21.7 Å². The lowest BCUT2D eigenvalue weighted by atomic mass is 10.2. The molecule has 106 valence electrons. The quantitative estimate of drug-likeness (QED) is 0.696. The Labute approximate surface area is 125 Å². The molecular weight excluding hydrogens is 293 g/mol. The summed E-state index contributed by atoms with van der Waals surface area (Å²) in [6.45, 7) is 1.52. The first-order valence-corrected chi connectivity index (χ1v) is 6.71. The van der Waals surface area contributed by atoms with E-state index in [1.807, 2.05) is 0 Å². The van der Waals surface area contributed by atoms with Crippen molar-refractivity contribution in [3.63, 3.8) is 0 Å². The smallest absolute Gasteiger partial charge is 0.195 e. The minimum Gasteiger partial charge on any atom is -0.302 e. The van der Waals surface area contributed by atoms with Crippen molar-refractivity contribution >= 4 is 28.5 Å². The van der Waals surface area contributed by atoms with E-state index < -0.39 is 5.82 Å². The first-order valence-electron chi connectivity index (χ1n) is 6.33. The Balaban J connectivity index is 2.20. The van der Waals surface area contributed by atoms with Crippen molar-refractivity contribution in [1.29, 1.82) is 0 Å². The van der Waals surface area contributed by atoms with Crippen LogP contribution in [-0.2, 0) is 6.54 Å². The minimum absolute atomic E-state index is 0.105. The van der Waals surface area contributed by atoms with Crippen molar-refractivity contribution < 1.29 is 9.18 Å². The van der Waals surface area contributed by atoms with Crippen molar-refractivity contribution in [2.24, 2.45) is 0 Å². The minimum atomic E-state index is -0.421. The normalized spacial score (nSPS) is 11.0. The largest absolute Gasteiger partial charge is 0.302 e. The lowest BCUT2D eigenvalue weighted by Crippen LogP contribution is -2.10. The van der Waals surface area contributed by atoms with Gasteiger partial charge in [0.15, 0.2) is 17.3 Å². The molecule has 0 atom stereocenters. The number of carbonyl (C=O) groups excluding carboxylic acids is 1. The van der Waals surface area contributed by atoms with Crippen LogP contribution in [0.5, 0.6) is 0 Å². The van der Waals surface area contributed by atoms with Crippen molar-refractivity contribution in [3.05, 3.63) is 58.8 Å². The molecule has 4 nitrogen and oxygen atoms in total. The molecule has 1 aromatic carbocycles. The maximum atomic E-state index is 14.0. The number of ketones is 1. The van der Waals surface area contributed by atoms with Crippen LogP contribution in [0, 0.1) is 5.82 Å². The zero-order valence-corrected chi connectivity index (χ0v) is 11.9. The number of halogens is 2. The molecule has 0 fully saturated rings. The highest BCUT2D eigenvalue weighted by atomic mass is 35.5. The molecule has 0 aliphatic rings. The van der Waals surface area contributed by atoms with Gasteiger partial charge >= 0.3 is 0 Å². The summed E-state index contributed by atoms with van der Waals surface area (Å²) in [6, 6.07) is 7.98. The van der Waals surface area contributed by atoms with Gasteiger partial charge in [-0.1, -0.05) is 17.7 Å². The molecule has 0 radical (unpaired) electrons. The second-order valence-corrected chi connectivity index (χ2v) is 5.03. The second kappa shape index (κ2) is 5.26. The van der Waals surface area contributed by atoms with Crippen molar-refractivity contribution in [1.82, 2.24) is 14.5 Å². The van der Waals surface area contributed by atoms with Gasteiger partial charge in [-0.25, -0.2) is 14.4 Å². The van der Waals surface area contributed by atoms with E-state index in [2.05, 4.69) is 9.97 Å². The highest BCUT2D eigenvalue weighted by Crippen LogP contribution is 2.23. The van der Waals surface area contributed by atoms with Gasteiger partial charge in [0.05, 0.1) is 6.54 Å². The van der Waals surface area contributed by atoms with Crippen LogP contribution in [0.15, 0.2) is 36.5 Å². The summed E-state index contributed by atoms with van der Waals surface area (Å²) < 4.78 is 15.5. The van der Waals surface area contributed by atoms with Crippen LogP contribution in [0.2, 0.25) is 5.02 Å². The van der Waals surface area contributed by atoms with Crippen LogP contribution in [0.4, 0.5) is 4.39 Å². The fourth-order valence-electron chi connectivity index (χ4n) is 2.22. The van der Waals surface area contributed by atoms with E-state index in [9.17, 15) is 9.18 Å². The first-order chi connectivity index (χ1) is 10.1. The Kier molecular flexibility index (Phi) is 3.43. The number of benzene rings is 1. The van der Waals surface area contributed by atoms with E-state index in [-0.39, 0.29) is 18.2 Å². The standard InChI is InChI=1S/C15H11ClFN3O/c1-9(21)14-19-13-6-3-7-18-15(13)20(14)8-10-11(16)4-2-5-12(10)17/h2-7H,8H2,1H3. The number of fused-ring (bicyclic) bond motifs is 1. The van der Waals surface area contributed by atoms with E-state index in [4.69, 9.17) is 11.6 Å². The number of aromatic nitrogens is 3. The molecule has 0 bridgehead atoms. The summed E-state index contributed by atoms with van der Waals surface area (Å²) in [5.41, 5.74) is 1.43. The number of Topliss-reactive ketones (excluding diaryl/α,β-unsaturated/α-hetero) is 1. The fourth-order valence-corrected chi connectivity index (χ4v) is 2.44. The maximum absolute atomic E-state index is 14.0. The Morgan fingerprint density at radius 1 is 1.33 bits per heavy atom. The van der Waals surface area contributed by atoms with Gasteiger partial charge in [0.2, 0.25) is 0 Å².